The first-order chi connectivity index (χ1) is 9.51. The van der Waals surface area contributed by atoms with Crippen LogP contribution in [0, 0.1) is 0 Å². The van der Waals surface area contributed by atoms with Crippen LogP contribution in [-0.4, -0.2) is 48.4 Å². The van der Waals surface area contributed by atoms with Gasteiger partial charge in [-0.3, -0.25) is 4.98 Å². The summed E-state index contributed by atoms with van der Waals surface area (Å²) in [7, 11) is 0. The van der Waals surface area contributed by atoms with Crippen LogP contribution in [0.5, 0.6) is 0 Å². The number of halogens is 3. The summed E-state index contributed by atoms with van der Waals surface area (Å²) in [6.07, 6.45) is -2.68. The van der Waals surface area contributed by atoms with Crippen molar-refractivity contribution in [3.8, 4) is 0 Å². The normalized spacial score (nSPS) is 11.8. The molecule has 0 unspecified atom stereocenters. The van der Waals surface area contributed by atoms with E-state index in [0.717, 1.165) is 4.90 Å². The van der Waals surface area contributed by atoms with Crippen molar-refractivity contribution in [1.82, 2.24) is 4.98 Å². The third kappa shape index (κ3) is 8.36. The molecule has 4 nitrogen and oxygen atoms in total. The van der Waals surface area contributed by atoms with Crippen molar-refractivity contribution in [3.63, 3.8) is 0 Å². The Morgan fingerprint density at radius 2 is 1.95 bits per heavy atom. The van der Waals surface area contributed by atoms with E-state index in [4.69, 9.17) is 9.84 Å². The van der Waals surface area contributed by atoms with Crippen molar-refractivity contribution in [2.24, 2.45) is 0 Å². The van der Waals surface area contributed by atoms with Crippen molar-refractivity contribution in [1.29, 1.82) is 0 Å². The van der Waals surface area contributed by atoms with Crippen LogP contribution in [0.25, 0.3) is 0 Å². The molecule has 1 aromatic rings. The van der Waals surface area contributed by atoms with E-state index >= 15 is 0 Å². The Hall–Kier alpha value is -0.830. The summed E-state index contributed by atoms with van der Waals surface area (Å²) in [6.45, 7) is -0.882. The van der Waals surface area contributed by atoms with Gasteiger partial charge in [0.05, 0.1) is 32.1 Å². The van der Waals surface area contributed by atoms with E-state index in [9.17, 15) is 13.2 Å². The Kier molecular flexibility index (Phi) is 7.90. The Morgan fingerprint density at radius 3 is 2.65 bits per heavy atom. The van der Waals surface area contributed by atoms with Crippen LogP contribution < -0.4 is 0 Å². The summed E-state index contributed by atoms with van der Waals surface area (Å²) in [5, 5.41) is 8.92. The Labute approximate surface area is 119 Å². The van der Waals surface area contributed by atoms with E-state index in [1.807, 2.05) is 6.07 Å². The highest BCUT2D eigenvalue weighted by molar-refractivity contribution is 7.99. The Morgan fingerprint density at radius 1 is 1.20 bits per heavy atom. The van der Waals surface area contributed by atoms with Gasteiger partial charge in [-0.2, -0.15) is 13.2 Å². The van der Waals surface area contributed by atoms with Crippen molar-refractivity contribution in [3.05, 3.63) is 24.0 Å². The van der Waals surface area contributed by atoms with E-state index in [0.29, 0.717) is 18.1 Å². The zero-order valence-corrected chi connectivity index (χ0v) is 11.5. The molecule has 8 heteroatoms. The minimum Gasteiger partial charge on any atom is -0.390 e. The van der Waals surface area contributed by atoms with Gasteiger partial charge in [-0.1, -0.05) is 0 Å². The van der Waals surface area contributed by atoms with Gasteiger partial charge in [0.2, 0.25) is 0 Å². The summed E-state index contributed by atoms with van der Waals surface area (Å²) >= 11 is 1.52. The summed E-state index contributed by atoms with van der Waals surface area (Å²) < 4.78 is 44.8. The third-order valence-electron chi connectivity index (χ3n) is 2.08. The van der Waals surface area contributed by atoms with Crippen LogP contribution >= 0.6 is 11.8 Å². The van der Waals surface area contributed by atoms with E-state index in [2.05, 4.69) is 9.72 Å². The van der Waals surface area contributed by atoms with Crippen molar-refractivity contribution in [2.75, 3.05) is 32.2 Å². The maximum absolute atomic E-state index is 11.7. The highest BCUT2D eigenvalue weighted by atomic mass is 32.2. The van der Waals surface area contributed by atoms with Crippen molar-refractivity contribution in [2.45, 2.75) is 17.7 Å². The Balaban J connectivity index is 2.02. The third-order valence-corrected chi connectivity index (χ3v) is 3.04. The van der Waals surface area contributed by atoms with Crippen molar-refractivity contribution < 1.29 is 27.8 Å². The number of pyridine rings is 1. The smallest absolute Gasteiger partial charge is 0.390 e. The first kappa shape index (κ1) is 17.2. The number of rotatable bonds is 9. The molecule has 0 aliphatic rings. The molecule has 0 aromatic carbocycles. The molecular formula is C12H16F3NO3S. The SMILES string of the molecule is OCc1cc(SCCOCCOCC(F)(F)F)ccn1. The summed E-state index contributed by atoms with van der Waals surface area (Å²) in [6, 6.07) is 3.59. The molecule has 0 amide bonds. The predicted molar refractivity (Wildman–Crippen MR) is 68.6 cm³/mol. The van der Waals surface area contributed by atoms with E-state index in [1.54, 1.807) is 12.3 Å². The minimum absolute atomic E-state index is 0.0753. The first-order valence-electron chi connectivity index (χ1n) is 5.92. The standard InChI is InChI=1S/C12H16F3NO3S/c13-12(14,15)9-19-4-3-18-5-6-20-11-1-2-16-10(7-11)8-17/h1-2,7,17H,3-6,8-9H2. The number of hydrogen-bond acceptors (Lipinski definition) is 5. The number of hydrogen-bond donors (Lipinski definition) is 1. The number of aliphatic hydroxyl groups excluding tert-OH is 1. The van der Waals surface area contributed by atoms with E-state index < -0.39 is 12.8 Å². The van der Waals surface area contributed by atoms with Gasteiger partial charge >= 0.3 is 6.18 Å². The van der Waals surface area contributed by atoms with Crippen LogP contribution in [0.2, 0.25) is 0 Å². The predicted octanol–water partition coefficient (Wildman–Crippen LogP) is 2.26. The lowest BCUT2D eigenvalue weighted by Gasteiger charge is -2.08. The average molecular weight is 311 g/mol. The lowest BCUT2D eigenvalue weighted by molar-refractivity contribution is -0.176. The quantitative estimate of drug-likeness (QED) is 0.560. The van der Waals surface area contributed by atoms with Gasteiger partial charge in [0.1, 0.15) is 6.61 Å². The maximum Gasteiger partial charge on any atom is 0.411 e. The molecule has 0 radical (unpaired) electrons. The van der Waals surface area contributed by atoms with Crippen LogP contribution in [0.15, 0.2) is 23.2 Å². The lowest BCUT2D eigenvalue weighted by atomic mass is 10.4. The number of nitrogens with zero attached hydrogens (tertiary/aromatic N) is 1. The highest BCUT2D eigenvalue weighted by Crippen LogP contribution is 2.17. The van der Waals surface area contributed by atoms with Gasteiger partial charge < -0.3 is 14.6 Å². The monoisotopic (exact) mass is 311 g/mol. The number of aromatic nitrogens is 1. The highest BCUT2D eigenvalue weighted by Gasteiger charge is 2.27. The van der Waals surface area contributed by atoms with Gasteiger partial charge in [-0.15, -0.1) is 11.8 Å². The van der Waals surface area contributed by atoms with Crippen LogP contribution in [0.3, 0.4) is 0 Å². The van der Waals surface area contributed by atoms with Gasteiger partial charge in [0.15, 0.2) is 0 Å². The van der Waals surface area contributed by atoms with Crippen molar-refractivity contribution >= 4 is 11.8 Å². The molecule has 0 fully saturated rings. The van der Waals surface area contributed by atoms with E-state index in [-0.39, 0.29) is 19.8 Å². The molecule has 0 bridgehead atoms. The first-order valence-corrected chi connectivity index (χ1v) is 6.90. The molecule has 114 valence electrons. The molecule has 1 N–H and O–H groups in total. The van der Waals surface area contributed by atoms with E-state index in [1.165, 1.54) is 11.8 Å². The van der Waals surface area contributed by atoms with Gasteiger partial charge in [-0.25, -0.2) is 0 Å². The molecule has 0 saturated carbocycles. The second kappa shape index (κ2) is 9.17. The summed E-state index contributed by atoms with van der Waals surface area (Å²) in [5.41, 5.74) is 0.594. The average Bonchev–Trinajstić information content (AvgIpc) is 2.41. The molecule has 0 aliphatic heterocycles. The second-order valence-corrected chi connectivity index (χ2v) is 4.94. The fourth-order valence-corrected chi connectivity index (χ4v) is 2.07. The van der Waals surface area contributed by atoms with Gasteiger partial charge in [-0.05, 0) is 12.1 Å². The molecule has 0 aliphatic carbocycles. The van der Waals surface area contributed by atoms with Gasteiger partial charge in [0, 0.05) is 16.8 Å². The second-order valence-electron chi connectivity index (χ2n) is 3.77. The molecule has 0 saturated heterocycles. The number of alkyl halides is 3. The molecule has 1 rings (SSSR count). The zero-order valence-electron chi connectivity index (χ0n) is 10.7. The molecule has 1 aromatic heterocycles. The lowest BCUT2D eigenvalue weighted by Crippen LogP contribution is -2.19. The molecule has 0 atom stereocenters. The summed E-state index contributed by atoms with van der Waals surface area (Å²) in [4.78, 5) is 4.91. The Bertz CT molecular complexity index is 390. The number of aliphatic hydroxyl groups is 1. The fraction of sp³-hybridized carbons (Fsp3) is 0.583. The molecule has 1 heterocycles. The largest absolute Gasteiger partial charge is 0.411 e. The number of thioether (sulfide) groups is 1. The van der Waals surface area contributed by atoms with Crippen LogP contribution in [0.1, 0.15) is 5.69 Å². The topological polar surface area (TPSA) is 51.6 Å². The van der Waals surface area contributed by atoms with Gasteiger partial charge in [0.25, 0.3) is 0 Å². The van der Waals surface area contributed by atoms with Crippen LogP contribution in [0.4, 0.5) is 13.2 Å². The molecular weight excluding hydrogens is 295 g/mol. The summed E-state index contributed by atoms with van der Waals surface area (Å²) in [5.74, 6) is 0.661. The fourth-order valence-electron chi connectivity index (χ4n) is 1.26. The van der Waals surface area contributed by atoms with Crippen LogP contribution in [-0.2, 0) is 16.1 Å². The number of ether oxygens (including phenoxy) is 2. The molecule has 20 heavy (non-hydrogen) atoms. The minimum atomic E-state index is -4.29. The maximum atomic E-state index is 11.7. The molecule has 0 spiro atoms. The zero-order chi connectivity index (χ0) is 14.8.